The van der Waals surface area contributed by atoms with Gasteiger partial charge in [-0.2, -0.15) is 0 Å². The highest BCUT2D eigenvalue weighted by Crippen LogP contribution is 2.74. The van der Waals surface area contributed by atoms with Gasteiger partial charge in [0.25, 0.3) is 0 Å². The maximum atomic E-state index is 16.0. The van der Waals surface area contributed by atoms with Gasteiger partial charge in [-0.05, 0) is 65.4 Å². The van der Waals surface area contributed by atoms with Gasteiger partial charge >= 0.3 is 5.97 Å². The van der Waals surface area contributed by atoms with E-state index in [1.54, 1.807) is 18.2 Å². The zero-order valence-corrected chi connectivity index (χ0v) is 27.3. The van der Waals surface area contributed by atoms with Crippen LogP contribution in [0.5, 0.6) is 0 Å². The fourth-order valence-electron chi connectivity index (χ4n) is 8.71. The van der Waals surface area contributed by atoms with Crippen LogP contribution in [0, 0.1) is 25.7 Å². The number of hydrogen-bond donors (Lipinski definition) is 0. The second kappa shape index (κ2) is 11.1. The first-order valence-electron chi connectivity index (χ1n) is 16.4. The van der Waals surface area contributed by atoms with Gasteiger partial charge in [0.2, 0.25) is 11.8 Å². The van der Waals surface area contributed by atoms with E-state index >= 15 is 14.4 Å². The molecule has 1 saturated carbocycles. The summed E-state index contributed by atoms with van der Waals surface area (Å²) in [7, 11) is 1.28. The lowest BCUT2D eigenvalue weighted by Crippen LogP contribution is -2.45. The number of carbonyl (C=O) groups is 4. The summed E-state index contributed by atoms with van der Waals surface area (Å²) in [6, 6.07) is 41.4. The normalized spacial score (nSPS) is 24.1. The highest BCUT2D eigenvalue weighted by molar-refractivity contribution is 6.39. The second-order valence-electron chi connectivity index (χ2n) is 13.2. The number of benzene rings is 5. The van der Waals surface area contributed by atoms with E-state index in [0.29, 0.717) is 11.1 Å². The topological polar surface area (TPSA) is 80.8 Å². The summed E-state index contributed by atoms with van der Waals surface area (Å²) in [6.45, 7) is 4.03. The number of Topliss-reactive ketones (excluding diaryl/α,β-unsaturated/α-hetero) is 1. The Kier molecular flexibility index (Phi) is 6.90. The van der Waals surface area contributed by atoms with Crippen LogP contribution in [0.2, 0.25) is 0 Å². The number of amides is 2. The van der Waals surface area contributed by atoms with Crippen LogP contribution in [-0.2, 0) is 30.0 Å². The van der Waals surface area contributed by atoms with Gasteiger partial charge in [-0.25, -0.2) is 9.69 Å². The molecule has 0 spiro atoms. The summed E-state index contributed by atoms with van der Waals surface area (Å²) in [4.78, 5) is 60.1. The number of ketones is 1. The van der Waals surface area contributed by atoms with Gasteiger partial charge in [-0.3, -0.25) is 14.4 Å². The number of esters is 1. The lowest BCUT2D eigenvalue weighted by molar-refractivity contribution is -0.130. The van der Waals surface area contributed by atoms with Crippen LogP contribution < -0.4 is 4.90 Å². The van der Waals surface area contributed by atoms with Crippen LogP contribution in [0.1, 0.15) is 43.7 Å². The molecule has 6 heteroatoms. The van der Waals surface area contributed by atoms with Crippen LogP contribution in [0.3, 0.4) is 0 Å². The molecule has 0 N–H and O–H groups in total. The number of hydrogen-bond acceptors (Lipinski definition) is 5. The predicted octanol–water partition coefficient (Wildman–Crippen LogP) is 7.28. The molecule has 5 aromatic carbocycles. The van der Waals surface area contributed by atoms with E-state index in [0.717, 1.165) is 33.4 Å². The first-order chi connectivity index (χ1) is 23.8. The van der Waals surface area contributed by atoms with E-state index in [-0.39, 0.29) is 17.0 Å². The van der Waals surface area contributed by atoms with E-state index in [2.05, 4.69) is 0 Å². The summed E-state index contributed by atoms with van der Waals surface area (Å²) >= 11 is 0. The molecule has 1 aliphatic heterocycles. The summed E-state index contributed by atoms with van der Waals surface area (Å²) in [5, 5.41) is 0. The number of methoxy groups -OCH3 is 1. The summed E-state index contributed by atoms with van der Waals surface area (Å²) in [5.41, 5.74) is 4.04. The fourth-order valence-corrected chi connectivity index (χ4v) is 8.71. The lowest BCUT2D eigenvalue weighted by Gasteiger charge is -2.39. The number of anilines is 1. The maximum Gasteiger partial charge on any atom is 0.337 e. The van der Waals surface area contributed by atoms with Gasteiger partial charge in [0.05, 0.1) is 41.0 Å². The van der Waals surface area contributed by atoms with Crippen LogP contribution in [-0.4, -0.2) is 30.7 Å². The maximum absolute atomic E-state index is 16.0. The van der Waals surface area contributed by atoms with E-state index in [4.69, 9.17) is 4.74 Å². The van der Waals surface area contributed by atoms with Crippen molar-refractivity contribution in [2.45, 2.75) is 24.7 Å². The Bertz CT molecular complexity index is 2080. The Hall–Kier alpha value is -5.88. The zero-order chi connectivity index (χ0) is 34.1. The Morgan fingerprint density at radius 2 is 1.04 bits per heavy atom. The standard InChI is InChI=1S/C43H33NO5/c1-26-17-21-28(22-18-26)34-35(29-23-19-27(2)20-24-29)43(32-14-8-5-9-15-32)37-36(42(34,41(43)48)31-12-6-4-7-13-31)38(45)44(39(37)46)33-16-10-11-30(25-33)40(47)49-3/h4-25,36-37H,1-3H3/t36-,37-,42+,43+/m1/s1. The van der Waals surface area contributed by atoms with Gasteiger partial charge in [0.1, 0.15) is 0 Å². The number of allylic oxidation sites excluding steroid dienone is 2. The molecular weight excluding hydrogens is 610 g/mol. The number of rotatable bonds is 6. The van der Waals surface area contributed by atoms with Gasteiger partial charge in [0.15, 0.2) is 5.78 Å². The molecule has 1 heterocycles. The molecule has 0 aromatic heterocycles. The van der Waals surface area contributed by atoms with Crippen molar-refractivity contribution in [1.29, 1.82) is 0 Å². The van der Waals surface area contributed by atoms with Crippen molar-refractivity contribution in [3.8, 4) is 0 Å². The molecule has 240 valence electrons. The molecule has 2 amide bonds. The molecule has 5 aromatic rings. The van der Waals surface area contributed by atoms with E-state index in [1.165, 1.54) is 18.1 Å². The molecule has 0 radical (unpaired) electrons. The van der Waals surface area contributed by atoms with E-state index < -0.39 is 40.4 Å². The highest BCUT2D eigenvalue weighted by atomic mass is 16.5. The Balaban J connectivity index is 1.52. The quantitative estimate of drug-likeness (QED) is 0.144. The summed E-state index contributed by atoms with van der Waals surface area (Å²) in [5.74, 6) is -3.81. The van der Waals surface area contributed by atoms with E-state index in [1.807, 2.05) is 123 Å². The third-order valence-electron chi connectivity index (χ3n) is 10.7. The van der Waals surface area contributed by atoms with Crippen LogP contribution in [0.15, 0.2) is 133 Å². The average Bonchev–Trinajstić information content (AvgIpc) is 3.64. The van der Waals surface area contributed by atoms with Crippen LogP contribution >= 0.6 is 0 Å². The van der Waals surface area contributed by atoms with Crippen molar-refractivity contribution in [2.24, 2.45) is 11.8 Å². The molecular formula is C43H33NO5. The average molecular weight is 644 g/mol. The number of carbonyl (C=O) groups excluding carboxylic acids is 4. The summed E-state index contributed by atoms with van der Waals surface area (Å²) in [6.07, 6.45) is 0. The molecule has 8 rings (SSSR count). The highest BCUT2D eigenvalue weighted by Gasteiger charge is 2.82. The molecule has 3 aliphatic rings. The molecule has 2 bridgehead atoms. The van der Waals surface area contributed by atoms with Crippen molar-refractivity contribution in [3.63, 3.8) is 0 Å². The largest absolute Gasteiger partial charge is 0.465 e. The molecule has 49 heavy (non-hydrogen) atoms. The summed E-state index contributed by atoms with van der Waals surface area (Å²) < 4.78 is 4.95. The SMILES string of the molecule is COC(=O)c1cccc(N2C(=O)[C@H]3[C@H](C2=O)[C@@]2(c4ccccc4)C(=O)[C@@]3(c3ccccc3)C(c3ccc(C)cc3)=C2c2ccc(C)cc2)c1. The smallest absolute Gasteiger partial charge is 0.337 e. The van der Waals surface area contributed by atoms with Gasteiger partial charge < -0.3 is 4.74 Å². The van der Waals surface area contributed by atoms with Crippen molar-refractivity contribution >= 4 is 40.4 Å². The molecule has 0 unspecified atom stereocenters. The van der Waals surface area contributed by atoms with Crippen molar-refractivity contribution < 1.29 is 23.9 Å². The minimum Gasteiger partial charge on any atom is -0.465 e. The molecule has 2 fully saturated rings. The molecule has 1 saturated heterocycles. The van der Waals surface area contributed by atoms with Gasteiger partial charge in [-0.15, -0.1) is 0 Å². The number of aryl methyl sites for hydroxylation is 2. The third-order valence-corrected chi connectivity index (χ3v) is 10.7. The lowest BCUT2D eigenvalue weighted by atomic mass is 9.59. The number of ether oxygens (including phenoxy) is 1. The number of nitrogens with zero attached hydrogens (tertiary/aromatic N) is 1. The monoisotopic (exact) mass is 643 g/mol. The molecule has 2 aliphatic carbocycles. The Morgan fingerprint density at radius 1 is 0.592 bits per heavy atom. The first kappa shape index (κ1) is 30.5. The minimum absolute atomic E-state index is 0.178. The Labute approximate surface area is 284 Å². The number of fused-ring (bicyclic) bond motifs is 5. The van der Waals surface area contributed by atoms with Crippen molar-refractivity contribution in [2.75, 3.05) is 12.0 Å². The van der Waals surface area contributed by atoms with Crippen molar-refractivity contribution in [1.82, 2.24) is 0 Å². The van der Waals surface area contributed by atoms with Gasteiger partial charge in [-0.1, -0.05) is 126 Å². The predicted molar refractivity (Wildman–Crippen MR) is 188 cm³/mol. The van der Waals surface area contributed by atoms with Gasteiger partial charge in [0, 0.05) is 0 Å². The molecule has 4 atom stereocenters. The molecule has 6 nitrogen and oxygen atoms in total. The first-order valence-corrected chi connectivity index (χ1v) is 16.4. The third kappa shape index (κ3) is 4.00. The van der Waals surface area contributed by atoms with Crippen LogP contribution in [0.25, 0.3) is 11.1 Å². The number of imide groups is 1. The zero-order valence-electron chi connectivity index (χ0n) is 27.3. The van der Waals surface area contributed by atoms with E-state index in [9.17, 15) is 4.79 Å². The Morgan fingerprint density at radius 3 is 1.47 bits per heavy atom. The van der Waals surface area contributed by atoms with Crippen LogP contribution in [0.4, 0.5) is 5.69 Å². The van der Waals surface area contributed by atoms with Crippen molar-refractivity contribution in [3.05, 3.63) is 172 Å². The fraction of sp³-hybridized carbons (Fsp3) is 0.163. The second-order valence-corrected chi connectivity index (χ2v) is 13.2. The minimum atomic E-state index is -1.50.